The monoisotopic (exact) mass is 248 g/mol. The molecule has 2 rings (SSSR count). The number of hydrogen-bond acceptors (Lipinski definition) is 5. The number of Topliss-reactive ketones (excluding diaryl/α,β-unsaturated/α-hetero) is 1. The van der Waals surface area contributed by atoms with Crippen LogP contribution in [-0.4, -0.2) is 21.7 Å². The molecule has 0 saturated heterocycles. The molecule has 0 spiro atoms. The van der Waals surface area contributed by atoms with Crippen molar-refractivity contribution in [3.8, 4) is 0 Å². The van der Waals surface area contributed by atoms with Gasteiger partial charge in [0.2, 0.25) is 5.89 Å². The number of hydrogen-bond donors (Lipinski definition) is 0. The van der Waals surface area contributed by atoms with Crippen LogP contribution in [-0.2, 0) is 0 Å². The van der Waals surface area contributed by atoms with E-state index in [0.717, 1.165) is 5.56 Å². The molecule has 0 amide bonds. The van der Waals surface area contributed by atoms with E-state index in [0.29, 0.717) is 22.4 Å². The maximum absolute atomic E-state index is 11.8. The van der Waals surface area contributed by atoms with E-state index < -0.39 is 0 Å². The van der Waals surface area contributed by atoms with Gasteiger partial charge in [-0.15, -0.1) is 10.2 Å². The first-order valence-corrected chi connectivity index (χ1v) is 6.16. The Morgan fingerprint density at radius 2 is 1.94 bits per heavy atom. The summed E-state index contributed by atoms with van der Waals surface area (Å²) in [5.41, 5.74) is 1.85. The third-order valence-electron chi connectivity index (χ3n) is 2.21. The molecule has 0 atom stereocenters. The number of ketones is 1. The number of aryl methyl sites for hydroxylation is 2. The topological polar surface area (TPSA) is 56.0 Å². The maximum Gasteiger partial charge on any atom is 0.277 e. The summed E-state index contributed by atoms with van der Waals surface area (Å²) in [5, 5.41) is 7.95. The molecule has 0 unspecified atom stereocenters. The van der Waals surface area contributed by atoms with Crippen molar-refractivity contribution in [3.63, 3.8) is 0 Å². The quantitative estimate of drug-likeness (QED) is 0.615. The van der Waals surface area contributed by atoms with E-state index in [1.165, 1.54) is 11.8 Å². The molecule has 0 N–H and O–H groups in total. The number of carbonyl (C=O) groups excluding carboxylic acids is 1. The lowest BCUT2D eigenvalue weighted by Gasteiger charge is -1.99. The smallest absolute Gasteiger partial charge is 0.277 e. The lowest BCUT2D eigenvalue weighted by Crippen LogP contribution is -2.02. The Kier molecular flexibility index (Phi) is 3.58. The van der Waals surface area contributed by atoms with Crippen molar-refractivity contribution in [1.29, 1.82) is 0 Å². The highest BCUT2D eigenvalue weighted by Gasteiger charge is 2.09. The van der Waals surface area contributed by atoms with Gasteiger partial charge in [-0.3, -0.25) is 4.79 Å². The predicted octanol–water partition coefficient (Wildman–Crippen LogP) is 2.66. The van der Waals surface area contributed by atoms with Crippen LogP contribution < -0.4 is 0 Å². The molecule has 5 heteroatoms. The summed E-state index contributed by atoms with van der Waals surface area (Å²) in [4.78, 5) is 11.8. The second-order valence-electron chi connectivity index (χ2n) is 3.66. The molecule has 1 aromatic carbocycles. The predicted molar refractivity (Wildman–Crippen MR) is 65.3 cm³/mol. The molecule has 17 heavy (non-hydrogen) atoms. The lowest BCUT2D eigenvalue weighted by atomic mass is 10.1. The number of nitrogens with zero attached hydrogens (tertiary/aromatic N) is 2. The molecule has 1 heterocycles. The van der Waals surface area contributed by atoms with Gasteiger partial charge in [0.05, 0.1) is 5.75 Å². The zero-order valence-electron chi connectivity index (χ0n) is 9.64. The summed E-state index contributed by atoms with van der Waals surface area (Å²) < 4.78 is 5.18. The average molecular weight is 248 g/mol. The zero-order valence-corrected chi connectivity index (χ0v) is 10.5. The van der Waals surface area contributed by atoms with Gasteiger partial charge in [-0.1, -0.05) is 41.6 Å². The van der Waals surface area contributed by atoms with Crippen LogP contribution in [0.1, 0.15) is 21.8 Å². The maximum atomic E-state index is 11.8. The fourth-order valence-corrected chi connectivity index (χ4v) is 1.99. The highest BCUT2D eigenvalue weighted by Crippen LogP contribution is 2.17. The van der Waals surface area contributed by atoms with E-state index >= 15 is 0 Å². The molecule has 4 nitrogen and oxygen atoms in total. The van der Waals surface area contributed by atoms with Gasteiger partial charge in [-0.2, -0.15) is 0 Å². The first kappa shape index (κ1) is 11.9. The SMILES string of the molecule is Cc1ccc(C(=O)CSc2nnc(C)o2)cc1. The molecule has 88 valence electrons. The van der Waals surface area contributed by atoms with Crippen molar-refractivity contribution in [1.82, 2.24) is 10.2 Å². The number of rotatable bonds is 4. The third-order valence-corrected chi connectivity index (χ3v) is 3.03. The molecule has 0 fully saturated rings. The number of carbonyl (C=O) groups is 1. The Morgan fingerprint density at radius 3 is 2.53 bits per heavy atom. The Balaban J connectivity index is 1.95. The first-order chi connectivity index (χ1) is 8.15. The van der Waals surface area contributed by atoms with Crippen LogP contribution in [0.4, 0.5) is 0 Å². The van der Waals surface area contributed by atoms with Crippen molar-refractivity contribution < 1.29 is 9.21 Å². The van der Waals surface area contributed by atoms with Crippen LogP contribution in [0.3, 0.4) is 0 Å². The van der Waals surface area contributed by atoms with Crippen molar-refractivity contribution in [2.75, 3.05) is 5.75 Å². The second-order valence-corrected chi connectivity index (χ2v) is 4.59. The average Bonchev–Trinajstić information content (AvgIpc) is 2.73. The summed E-state index contributed by atoms with van der Waals surface area (Å²) in [6.07, 6.45) is 0. The van der Waals surface area contributed by atoms with E-state index in [4.69, 9.17) is 4.42 Å². The summed E-state index contributed by atoms with van der Waals surface area (Å²) in [6.45, 7) is 3.71. The van der Waals surface area contributed by atoms with Gasteiger partial charge in [0.15, 0.2) is 5.78 Å². The lowest BCUT2D eigenvalue weighted by molar-refractivity contribution is 0.102. The molecule has 0 bridgehead atoms. The van der Waals surface area contributed by atoms with E-state index in [1.54, 1.807) is 6.92 Å². The summed E-state index contributed by atoms with van der Waals surface area (Å²) in [5.74, 6) is 0.881. The summed E-state index contributed by atoms with van der Waals surface area (Å²) in [7, 11) is 0. The van der Waals surface area contributed by atoms with E-state index in [9.17, 15) is 4.79 Å². The highest BCUT2D eigenvalue weighted by molar-refractivity contribution is 7.99. The summed E-state index contributed by atoms with van der Waals surface area (Å²) in [6, 6.07) is 7.51. The van der Waals surface area contributed by atoms with Crippen molar-refractivity contribution in [2.45, 2.75) is 19.1 Å². The van der Waals surface area contributed by atoms with Crippen LogP contribution in [0.5, 0.6) is 0 Å². The van der Waals surface area contributed by atoms with E-state index in [1.807, 2.05) is 31.2 Å². The molecule has 1 aromatic heterocycles. The number of benzene rings is 1. The highest BCUT2D eigenvalue weighted by atomic mass is 32.2. The van der Waals surface area contributed by atoms with Gasteiger partial charge in [-0.25, -0.2) is 0 Å². The molecule has 2 aromatic rings. The van der Waals surface area contributed by atoms with Crippen LogP contribution in [0.2, 0.25) is 0 Å². The van der Waals surface area contributed by atoms with Crippen LogP contribution in [0.15, 0.2) is 33.9 Å². The number of aromatic nitrogens is 2. The minimum Gasteiger partial charge on any atom is -0.416 e. The fraction of sp³-hybridized carbons (Fsp3) is 0.250. The van der Waals surface area contributed by atoms with Crippen LogP contribution >= 0.6 is 11.8 Å². The Labute approximate surface area is 103 Å². The largest absolute Gasteiger partial charge is 0.416 e. The molecule has 0 aliphatic rings. The Morgan fingerprint density at radius 1 is 1.24 bits per heavy atom. The van der Waals surface area contributed by atoms with Gasteiger partial charge in [0, 0.05) is 12.5 Å². The molecule has 0 radical (unpaired) electrons. The Hall–Kier alpha value is -1.62. The molecule has 0 saturated carbocycles. The van der Waals surface area contributed by atoms with Crippen molar-refractivity contribution in [2.24, 2.45) is 0 Å². The van der Waals surface area contributed by atoms with Crippen molar-refractivity contribution in [3.05, 3.63) is 41.3 Å². The molecule has 0 aliphatic carbocycles. The van der Waals surface area contributed by atoms with E-state index in [2.05, 4.69) is 10.2 Å². The molecular formula is C12H12N2O2S. The minimum absolute atomic E-state index is 0.0610. The van der Waals surface area contributed by atoms with Gasteiger partial charge >= 0.3 is 0 Å². The first-order valence-electron chi connectivity index (χ1n) is 5.18. The second kappa shape index (κ2) is 5.14. The van der Waals surface area contributed by atoms with E-state index in [-0.39, 0.29) is 5.78 Å². The normalized spacial score (nSPS) is 10.5. The van der Waals surface area contributed by atoms with Crippen LogP contribution in [0, 0.1) is 13.8 Å². The fourth-order valence-electron chi connectivity index (χ4n) is 1.29. The molecular weight excluding hydrogens is 236 g/mol. The minimum atomic E-state index is 0.0610. The van der Waals surface area contributed by atoms with Crippen LogP contribution in [0.25, 0.3) is 0 Å². The van der Waals surface area contributed by atoms with Crippen molar-refractivity contribution >= 4 is 17.5 Å². The van der Waals surface area contributed by atoms with Gasteiger partial charge < -0.3 is 4.42 Å². The van der Waals surface area contributed by atoms with Gasteiger partial charge in [-0.05, 0) is 6.92 Å². The Bertz CT molecular complexity index is 520. The third kappa shape index (κ3) is 3.17. The standard InChI is InChI=1S/C12H12N2O2S/c1-8-3-5-10(6-4-8)11(15)7-17-12-14-13-9(2)16-12/h3-6H,7H2,1-2H3. The van der Waals surface area contributed by atoms with Gasteiger partial charge in [0.25, 0.3) is 5.22 Å². The zero-order chi connectivity index (χ0) is 12.3. The number of thioether (sulfide) groups is 1. The molecule has 0 aliphatic heterocycles. The summed E-state index contributed by atoms with van der Waals surface area (Å²) >= 11 is 1.26. The van der Waals surface area contributed by atoms with Gasteiger partial charge in [0.1, 0.15) is 0 Å².